The lowest BCUT2D eigenvalue weighted by atomic mass is 9.76. The third-order valence-electron chi connectivity index (χ3n) is 16.2. The van der Waals surface area contributed by atoms with Crippen LogP contribution in [-0.4, -0.2) is 95.0 Å². The first-order chi connectivity index (χ1) is 35.4. The van der Waals surface area contributed by atoms with Crippen molar-refractivity contribution in [1.29, 1.82) is 0 Å². The molecule has 6 aliphatic rings. The first kappa shape index (κ1) is 51.0. The van der Waals surface area contributed by atoms with E-state index in [4.69, 9.17) is 44.8 Å². The third-order valence-corrected chi connectivity index (χ3v) is 16.9. The zero-order chi connectivity index (χ0) is 50.8. The summed E-state index contributed by atoms with van der Waals surface area (Å²) in [5.74, 6) is 2.44. The maximum atomic E-state index is 11.8. The van der Waals surface area contributed by atoms with Crippen LogP contribution in [0.3, 0.4) is 0 Å². The van der Waals surface area contributed by atoms with Crippen molar-refractivity contribution in [3.05, 3.63) is 201 Å². The van der Waals surface area contributed by atoms with Gasteiger partial charge in [-0.2, -0.15) is 0 Å². The van der Waals surface area contributed by atoms with Crippen molar-refractivity contribution in [3.63, 3.8) is 0 Å². The van der Waals surface area contributed by atoms with Gasteiger partial charge in [0.2, 0.25) is 0 Å². The van der Waals surface area contributed by atoms with Crippen LogP contribution in [0.4, 0.5) is 0 Å². The van der Waals surface area contributed by atoms with Crippen molar-refractivity contribution >= 4 is 70.9 Å². The summed E-state index contributed by atoms with van der Waals surface area (Å²) in [5.41, 5.74) is 14.8. The number of nitro groups is 1. The maximum Gasteiger partial charge on any atom is 0.277 e. The summed E-state index contributed by atoms with van der Waals surface area (Å²) in [5, 5.41) is 13.9. The van der Waals surface area contributed by atoms with E-state index in [1.54, 1.807) is 18.3 Å². The number of rotatable bonds is 4. The molecule has 3 saturated heterocycles. The summed E-state index contributed by atoms with van der Waals surface area (Å²) < 4.78 is 0. The molecule has 0 saturated carbocycles. The molecule has 3 aromatic heterocycles. The van der Waals surface area contributed by atoms with Crippen molar-refractivity contribution in [2.45, 2.75) is 63.2 Å². The smallest absolute Gasteiger partial charge is 0.277 e. The van der Waals surface area contributed by atoms with E-state index in [1.165, 1.54) is 102 Å². The number of aromatic nitrogens is 3. The quantitative estimate of drug-likeness (QED) is 0.127. The number of nitrogens with zero attached hydrogens (tertiary/aromatic N) is 7. The van der Waals surface area contributed by atoms with Gasteiger partial charge in [-0.15, -0.1) is 0 Å². The average Bonchev–Trinajstić information content (AvgIpc) is 3.72. The second kappa shape index (κ2) is 22.5. The van der Waals surface area contributed by atoms with Crippen LogP contribution < -0.4 is 0 Å². The molecule has 0 N–H and O–H groups in total. The molecule has 6 aromatic rings. The number of fused-ring (bicyclic) bond motifs is 6. The van der Waals surface area contributed by atoms with E-state index in [0.717, 1.165) is 52.8 Å². The fraction of sp³-hybridized carbons (Fsp3) is 0.361. The van der Waals surface area contributed by atoms with Crippen molar-refractivity contribution in [2.75, 3.05) is 60.4 Å². The van der Waals surface area contributed by atoms with Gasteiger partial charge in [-0.1, -0.05) is 89.4 Å². The van der Waals surface area contributed by atoms with Gasteiger partial charge in [0.1, 0.15) is 0 Å². The monoisotopic (exact) mass is 1030 g/mol. The van der Waals surface area contributed by atoms with Crippen molar-refractivity contribution < 1.29 is 4.92 Å². The Hall–Kier alpha value is -5.52. The van der Waals surface area contributed by atoms with Gasteiger partial charge in [0, 0.05) is 63.1 Å². The molecule has 376 valence electrons. The van der Waals surface area contributed by atoms with Crippen LogP contribution in [0.25, 0.3) is 36.1 Å². The summed E-state index contributed by atoms with van der Waals surface area (Å²) in [6, 6.07) is 28.3. The van der Waals surface area contributed by atoms with Gasteiger partial charge in [-0.05, 0) is 223 Å². The second-order valence-corrected chi connectivity index (χ2v) is 22.3. The Morgan fingerprint density at radius 3 is 1.42 bits per heavy atom. The van der Waals surface area contributed by atoms with Gasteiger partial charge in [-0.25, -0.2) is 0 Å². The number of hydrogen-bond acceptors (Lipinski definition) is 8. The molecule has 3 atom stereocenters. The molecule has 3 unspecified atom stereocenters. The molecule has 0 radical (unpaired) electrons. The standard InChI is InChI=1S/C21H23ClN2.C20H20ClN3O2.C20H21ClN2/c1-14-11-17-4-3-16-12-18(22)5-6-19(16)20(21(17)23-13-14)15-7-9-24(2)10-8-15;1-23-9-6-13(7-10-23)19-16-5-4-15(21)12-17(16)18(24(25)26)11-14-3-2-8-22-20(14)19;1-23-11-8-14(9-12-23)19-18-7-6-17(21)13-16(18)5-4-15-3-2-10-22-20(15)19/h3-6,11-13,15,20H,7-10H2,1-2H3;2-5,8,11-13,19H,6-7,9-10H2,1H3;2-7,10,13-14,19H,8-9,11-12H2,1H3. The minimum atomic E-state index is -0.316. The Morgan fingerprint density at radius 1 is 0.507 bits per heavy atom. The van der Waals surface area contributed by atoms with Gasteiger partial charge in [0.05, 0.1) is 27.6 Å². The summed E-state index contributed by atoms with van der Waals surface area (Å²) in [7, 11) is 6.56. The highest BCUT2D eigenvalue weighted by atomic mass is 35.5. The molecule has 3 fully saturated rings. The molecule has 73 heavy (non-hydrogen) atoms. The van der Waals surface area contributed by atoms with E-state index in [9.17, 15) is 10.1 Å². The van der Waals surface area contributed by atoms with Crippen LogP contribution in [0.15, 0.2) is 104 Å². The number of benzene rings is 3. The zero-order valence-electron chi connectivity index (χ0n) is 42.2. The molecular weight excluding hydrogens is 969 g/mol. The molecule has 6 heterocycles. The predicted octanol–water partition coefficient (Wildman–Crippen LogP) is 14.0. The minimum Gasteiger partial charge on any atom is -0.306 e. The van der Waals surface area contributed by atoms with Crippen molar-refractivity contribution in [2.24, 2.45) is 17.8 Å². The largest absolute Gasteiger partial charge is 0.306 e. The van der Waals surface area contributed by atoms with Crippen LogP contribution in [0.5, 0.6) is 0 Å². The molecule has 3 aromatic carbocycles. The molecule has 0 bridgehead atoms. The first-order valence-electron chi connectivity index (χ1n) is 25.9. The van der Waals surface area contributed by atoms with Crippen LogP contribution >= 0.6 is 34.8 Å². The van der Waals surface area contributed by atoms with Gasteiger partial charge < -0.3 is 14.7 Å². The van der Waals surface area contributed by atoms with E-state index < -0.39 is 0 Å². The van der Waals surface area contributed by atoms with Crippen LogP contribution in [-0.2, 0) is 0 Å². The first-order valence-corrected chi connectivity index (χ1v) is 27.0. The van der Waals surface area contributed by atoms with Crippen LogP contribution in [0.1, 0.15) is 129 Å². The fourth-order valence-corrected chi connectivity index (χ4v) is 12.8. The number of halogens is 3. The Morgan fingerprint density at radius 2 is 0.918 bits per heavy atom. The molecule has 9 nitrogen and oxygen atoms in total. The molecule has 0 spiro atoms. The lowest BCUT2D eigenvalue weighted by molar-refractivity contribution is -0.374. The van der Waals surface area contributed by atoms with Gasteiger partial charge in [0.25, 0.3) is 5.70 Å². The molecule has 3 aliphatic carbocycles. The third kappa shape index (κ3) is 11.3. The van der Waals surface area contributed by atoms with Gasteiger partial charge in [0.15, 0.2) is 0 Å². The highest BCUT2D eigenvalue weighted by molar-refractivity contribution is 6.31. The SMILES string of the molecule is CN1CCC(C2c3ccc(Cl)cc3C([N+](=O)[O-])=Cc3cccnc32)CC1.CN1CCC(C2c3ccc(Cl)cc3C=Cc3cccnc32)CC1.Cc1cnc2c(c1)C=Cc1cc(Cl)ccc1C2C1CCN(C)CC1. The Labute approximate surface area is 445 Å². The molecular formula is C61H64Cl3N7O2. The number of piperidine rings is 3. The normalized spacial score (nSPS) is 21.1. The highest BCUT2D eigenvalue weighted by Gasteiger charge is 2.37. The number of likely N-dealkylation sites (tertiary alicyclic amines) is 3. The van der Waals surface area contributed by atoms with Crippen LogP contribution in [0, 0.1) is 34.8 Å². The Bertz CT molecular complexity index is 3020. The van der Waals surface area contributed by atoms with Crippen molar-refractivity contribution in [1.82, 2.24) is 29.7 Å². The van der Waals surface area contributed by atoms with E-state index in [2.05, 4.69) is 108 Å². The molecule has 3 aliphatic heterocycles. The molecule has 0 amide bonds. The van der Waals surface area contributed by atoms with Crippen molar-refractivity contribution in [3.8, 4) is 0 Å². The maximum absolute atomic E-state index is 11.8. The molecule has 12 heteroatoms. The van der Waals surface area contributed by atoms with E-state index >= 15 is 0 Å². The lowest BCUT2D eigenvalue weighted by Crippen LogP contribution is -2.33. The van der Waals surface area contributed by atoms with Crippen LogP contribution in [0.2, 0.25) is 15.1 Å². The fourth-order valence-electron chi connectivity index (χ4n) is 12.3. The minimum absolute atomic E-state index is 0.0425. The average molecular weight is 1030 g/mol. The lowest BCUT2D eigenvalue weighted by Gasteiger charge is -2.35. The second-order valence-electron chi connectivity index (χ2n) is 21.0. The van der Waals surface area contributed by atoms with Gasteiger partial charge in [-0.3, -0.25) is 25.1 Å². The number of hydrogen-bond donors (Lipinski definition) is 0. The Kier molecular flexibility index (Phi) is 15.7. The zero-order valence-corrected chi connectivity index (χ0v) is 44.5. The molecule has 12 rings (SSSR count). The predicted molar refractivity (Wildman–Crippen MR) is 301 cm³/mol. The van der Waals surface area contributed by atoms with E-state index in [-0.39, 0.29) is 16.5 Å². The summed E-state index contributed by atoms with van der Waals surface area (Å²) in [4.78, 5) is 33.0. The number of aryl methyl sites for hydroxylation is 1. The van der Waals surface area contributed by atoms with Gasteiger partial charge >= 0.3 is 0 Å². The topological polar surface area (TPSA) is 91.5 Å². The summed E-state index contributed by atoms with van der Waals surface area (Å²) in [6.07, 6.45) is 23.1. The van der Waals surface area contributed by atoms with E-state index in [0.29, 0.717) is 40.2 Å². The number of pyridine rings is 3. The highest BCUT2D eigenvalue weighted by Crippen LogP contribution is 2.47. The Balaban J connectivity index is 0.000000126. The van der Waals surface area contributed by atoms with E-state index in [1.807, 2.05) is 54.9 Å². The summed E-state index contributed by atoms with van der Waals surface area (Å²) in [6.45, 7) is 8.83. The summed E-state index contributed by atoms with van der Waals surface area (Å²) >= 11 is 18.7.